The number of aldehydes is 1. The van der Waals surface area contributed by atoms with E-state index in [-0.39, 0.29) is 0 Å². The van der Waals surface area contributed by atoms with Crippen LogP contribution in [0.5, 0.6) is 5.75 Å². The van der Waals surface area contributed by atoms with Gasteiger partial charge >= 0.3 is 0 Å². The van der Waals surface area contributed by atoms with Crippen LogP contribution in [0.25, 0.3) is 11.3 Å². The smallest absolute Gasteiger partial charge is 0.153 e. The van der Waals surface area contributed by atoms with Crippen LogP contribution in [-0.2, 0) is 7.05 Å². The molecule has 88 valence electrons. The molecule has 0 atom stereocenters. The molecule has 2 aromatic rings. The fraction of sp³-hybridized carbons (Fsp3) is 0.167. The van der Waals surface area contributed by atoms with E-state index in [9.17, 15) is 4.79 Å². The predicted molar refractivity (Wildman–Crippen MR) is 68.3 cm³/mol. The summed E-state index contributed by atoms with van der Waals surface area (Å²) in [5.74, 6) is 0.708. The summed E-state index contributed by atoms with van der Waals surface area (Å²) in [5, 5.41) is 4.08. The Labute approximate surface area is 107 Å². The molecule has 0 amide bonds. The van der Waals surface area contributed by atoms with Gasteiger partial charge in [0, 0.05) is 17.1 Å². The quantitative estimate of drug-likeness (QED) is 0.818. The van der Waals surface area contributed by atoms with Gasteiger partial charge in [-0.3, -0.25) is 9.48 Å². The van der Waals surface area contributed by atoms with Gasteiger partial charge in [0.25, 0.3) is 0 Å². The van der Waals surface area contributed by atoms with Crippen LogP contribution in [0.1, 0.15) is 10.4 Å². The molecule has 4 nitrogen and oxygen atoms in total. The van der Waals surface area contributed by atoms with Crippen molar-refractivity contribution in [3.05, 3.63) is 34.4 Å². The summed E-state index contributed by atoms with van der Waals surface area (Å²) < 4.78 is 7.88. The van der Waals surface area contributed by atoms with Crippen LogP contribution in [0.4, 0.5) is 0 Å². The molecule has 0 unspecified atom stereocenters. The molecule has 1 heterocycles. The summed E-state index contributed by atoms with van der Waals surface area (Å²) >= 11 is 3.41. The molecule has 2 rings (SSSR count). The lowest BCUT2D eigenvalue weighted by Crippen LogP contribution is -1.97. The van der Waals surface area contributed by atoms with Gasteiger partial charge in [-0.15, -0.1) is 0 Å². The van der Waals surface area contributed by atoms with Crippen LogP contribution in [0.2, 0.25) is 0 Å². The van der Waals surface area contributed by atoms with Crippen molar-refractivity contribution in [1.82, 2.24) is 9.78 Å². The highest BCUT2D eigenvalue weighted by atomic mass is 79.9. The number of benzene rings is 1. The molecule has 0 N–H and O–H groups in total. The van der Waals surface area contributed by atoms with Crippen molar-refractivity contribution in [1.29, 1.82) is 0 Å². The maximum absolute atomic E-state index is 11.0. The summed E-state index contributed by atoms with van der Waals surface area (Å²) in [6.45, 7) is 0. The predicted octanol–water partition coefficient (Wildman–Crippen LogP) is 2.67. The van der Waals surface area contributed by atoms with Gasteiger partial charge in [0.2, 0.25) is 0 Å². The number of aromatic nitrogens is 2. The number of hydrogen-bond donors (Lipinski definition) is 0. The normalized spacial score (nSPS) is 10.3. The van der Waals surface area contributed by atoms with Crippen LogP contribution in [0, 0.1) is 0 Å². The topological polar surface area (TPSA) is 44.1 Å². The lowest BCUT2D eigenvalue weighted by Gasteiger charge is -2.10. The minimum atomic E-state index is 0.545. The molecule has 0 saturated carbocycles. The Morgan fingerprint density at radius 1 is 1.47 bits per heavy atom. The number of halogens is 1. The minimum Gasteiger partial charge on any atom is -0.496 e. The first-order chi connectivity index (χ1) is 8.17. The minimum absolute atomic E-state index is 0.545. The zero-order chi connectivity index (χ0) is 12.4. The van der Waals surface area contributed by atoms with Crippen molar-refractivity contribution in [2.45, 2.75) is 0 Å². The van der Waals surface area contributed by atoms with Crippen molar-refractivity contribution < 1.29 is 9.53 Å². The summed E-state index contributed by atoms with van der Waals surface area (Å²) in [4.78, 5) is 11.0. The Hall–Kier alpha value is -1.62. The van der Waals surface area contributed by atoms with Gasteiger partial charge in [-0.1, -0.05) is 15.9 Å². The molecule has 0 aliphatic heterocycles. The molecule has 0 fully saturated rings. The van der Waals surface area contributed by atoms with Gasteiger partial charge in [0.05, 0.1) is 24.6 Å². The van der Waals surface area contributed by atoms with Crippen LogP contribution < -0.4 is 4.74 Å². The van der Waals surface area contributed by atoms with E-state index in [0.29, 0.717) is 11.3 Å². The lowest BCUT2D eigenvalue weighted by atomic mass is 10.1. The second-order valence-corrected chi connectivity index (χ2v) is 4.45. The third-order valence-corrected chi connectivity index (χ3v) is 3.00. The fourth-order valence-corrected chi connectivity index (χ4v) is 2.10. The number of aryl methyl sites for hydroxylation is 1. The van der Waals surface area contributed by atoms with Gasteiger partial charge in [-0.05, 0) is 18.2 Å². The fourth-order valence-electron chi connectivity index (χ4n) is 1.74. The maximum atomic E-state index is 11.0. The molecule has 0 spiro atoms. The van der Waals surface area contributed by atoms with Crippen LogP contribution in [0.15, 0.2) is 28.9 Å². The standard InChI is InChI=1S/C12H11BrN2O2/c1-15-12(8(7-16)6-14-15)10-5-9(13)3-4-11(10)17-2/h3-7H,1-2H3. The molecule has 0 saturated heterocycles. The van der Waals surface area contributed by atoms with Crippen LogP contribution in [0.3, 0.4) is 0 Å². The van der Waals surface area contributed by atoms with Crippen molar-refractivity contribution >= 4 is 22.2 Å². The first-order valence-corrected chi connectivity index (χ1v) is 5.77. The summed E-state index contributed by atoms with van der Waals surface area (Å²) in [6.07, 6.45) is 2.34. The van der Waals surface area contributed by atoms with E-state index >= 15 is 0 Å². The Morgan fingerprint density at radius 2 is 2.24 bits per heavy atom. The highest BCUT2D eigenvalue weighted by Crippen LogP contribution is 2.33. The van der Waals surface area contributed by atoms with Crippen molar-refractivity contribution in [2.75, 3.05) is 7.11 Å². The second-order valence-electron chi connectivity index (χ2n) is 3.53. The number of ether oxygens (including phenoxy) is 1. The van der Waals surface area contributed by atoms with E-state index in [2.05, 4.69) is 21.0 Å². The summed E-state index contributed by atoms with van der Waals surface area (Å²) in [5.41, 5.74) is 2.13. The molecule has 1 aromatic heterocycles. The average molecular weight is 295 g/mol. The number of carbonyl (C=O) groups is 1. The summed E-state index contributed by atoms with van der Waals surface area (Å²) in [7, 11) is 3.40. The summed E-state index contributed by atoms with van der Waals surface area (Å²) in [6, 6.07) is 5.64. The molecular weight excluding hydrogens is 284 g/mol. The SMILES string of the molecule is COc1ccc(Br)cc1-c1c(C=O)cnn1C. The van der Waals surface area contributed by atoms with E-state index < -0.39 is 0 Å². The number of carbonyl (C=O) groups excluding carboxylic acids is 1. The van der Waals surface area contributed by atoms with Crippen LogP contribution >= 0.6 is 15.9 Å². The second kappa shape index (κ2) is 4.71. The molecule has 0 aliphatic carbocycles. The molecular formula is C12H11BrN2O2. The van der Waals surface area contributed by atoms with Crippen molar-refractivity contribution in [3.63, 3.8) is 0 Å². The van der Waals surface area contributed by atoms with Gasteiger partial charge < -0.3 is 4.74 Å². The Kier molecular flexibility index (Phi) is 3.28. The Bertz CT molecular complexity index is 564. The highest BCUT2D eigenvalue weighted by molar-refractivity contribution is 9.10. The molecule has 0 bridgehead atoms. The van der Waals surface area contributed by atoms with Gasteiger partial charge in [0.15, 0.2) is 6.29 Å². The van der Waals surface area contributed by atoms with E-state index in [0.717, 1.165) is 22.0 Å². The van der Waals surface area contributed by atoms with E-state index in [1.54, 1.807) is 25.0 Å². The molecule has 17 heavy (non-hydrogen) atoms. The third kappa shape index (κ3) is 2.10. The molecule has 0 radical (unpaired) electrons. The number of rotatable bonds is 3. The van der Waals surface area contributed by atoms with Gasteiger partial charge in [0.1, 0.15) is 5.75 Å². The van der Waals surface area contributed by atoms with E-state index in [4.69, 9.17) is 4.74 Å². The first kappa shape index (κ1) is 11.9. The van der Waals surface area contributed by atoms with Crippen LogP contribution in [-0.4, -0.2) is 23.2 Å². The number of nitrogens with zero attached hydrogens (tertiary/aromatic N) is 2. The highest BCUT2D eigenvalue weighted by Gasteiger charge is 2.15. The van der Waals surface area contributed by atoms with E-state index in [1.807, 2.05) is 18.2 Å². The number of hydrogen-bond acceptors (Lipinski definition) is 3. The van der Waals surface area contributed by atoms with Crippen molar-refractivity contribution in [2.24, 2.45) is 7.05 Å². The van der Waals surface area contributed by atoms with Crippen molar-refractivity contribution in [3.8, 4) is 17.0 Å². The average Bonchev–Trinajstić information content (AvgIpc) is 2.70. The van der Waals surface area contributed by atoms with Gasteiger partial charge in [-0.25, -0.2) is 0 Å². The zero-order valence-corrected chi connectivity index (χ0v) is 11.1. The Morgan fingerprint density at radius 3 is 2.88 bits per heavy atom. The molecule has 0 aliphatic rings. The monoisotopic (exact) mass is 294 g/mol. The number of methoxy groups -OCH3 is 1. The zero-order valence-electron chi connectivity index (χ0n) is 9.48. The first-order valence-electron chi connectivity index (χ1n) is 4.98. The third-order valence-electron chi connectivity index (χ3n) is 2.51. The van der Waals surface area contributed by atoms with E-state index in [1.165, 1.54) is 0 Å². The Balaban J connectivity index is 2.70. The lowest BCUT2D eigenvalue weighted by molar-refractivity contribution is 0.112. The molecule has 1 aromatic carbocycles. The molecule has 5 heteroatoms. The maximum Gasteiger partial charge on any atom is 0.153 e. The largest absolute Gasteiger partial charge is 0.496 e. The van der Waals surface area contributed by atoms with Gasteiger partial charge in [-0.2, -0.15) is 5.10 Å².